The Morgan fingerprint density at radius 3 is 2.78 bits per heavy atom. The van der Waals surface area contributed by atoms with Crippen molar-refractivity contribution in [3.63, 3.8) is 0 Å². The maximum absolute atomic E-state index is 10.1. The quantitative estimate of drug-likeness (QED) is 0.420. The van der Waals surface area contributed by atoms with Crippen LogP contribution in [-0.4, -0.2) is 6.29 Å². The molecule has 0 N–H and O–H groups in total. The number of nitriles is 1. The number of carbonyl (C=O) groups excluding carboxylic acids is 1. The van der Waals surface area contributed by atoms with Crippen LogP contribution < -0.4 is 0 Å². The van der Waals surface area contributed by atoms with Crippen LogP contribution in [0.4, 0.5) is 0 Å². The molecule has 0 heterocycles. The molecule has 0 aromatic carbocycles. The van der Waals surface area contributed by atoms with Gasteiger partial charge in [0.25, 0.3) is 0 Å². The third-order valence-corrected chi connectivity index (χ3v) is 1.05. The fourth-order valence-electron chi connectivity index (χ4n) is 0.472. The van der Waals surface area contributed by atoms with Crippen molar-refractivity contribution in [3.05, 3.63) is 11.6 Å². The monoisotopic (exact) mass is 123 g/mol. The van der Waals surface area contributed by atoms with Gasteiger partial charge in [0.15, 0.2) is 0 Å². The number of carbonyl (C=O) groups is 1. The van der Waals surface area contributed by atoms with E-state index in [1.54, 1.807) is 13.0 Å². The van der Waals surface area contributed by atoms with Crippen LogP contribution in [-0.2, 0) is 4.79 Å². The normalized spacial score (nSPS) is 10.4. The van der Waals surface area contributed by atoms with Crippen molar-refractivity contribution in [2.45, 2.75) is 19.8 Å². The average molecular weight is 123 g/mol. The summed E-state index contributed by atoms with van der Waals surface area (Å²) in [6.07, 6.45) is 3.52. The van der Waals surface area contributed by atoms with Crippen LogP contribution in [0.3, 0.4) is 0 Å². The minimum atomic E-state index is 0.429. The highest BCUT2D eigenvalue weighted by Crippen LogP contribution is 1.99. The van der Waals surface area contributed by atoms with Crippen molar-refractivity contribution < 1.29 is 4.79 Å². The molecular formula is C7H9NO. The Kier molecular flexibility index (Phi) is 4.43. The molecule has 0 aliphatic rings. The number of hydrogen-bond acceptors (Lipinski definition) is 2. The van der Waals surface area contributed by atoms with Crippen molar-refractivity contribution >= 4 is 6.29 Å². The van der Waals surface area contributed by atoms with Crippen molar-refractivity contribution in [2.75, 3.05) is 0 Å². The summed E-state index contributed by atoms with van der Waals surface area (Å²) in [7, 11) is 0. The maximum Gasteiger partial charge on any atom is 0.145 e. The third kappa shape index (κ3) is 3.48. The van der Waals surface area contributed by atoms with Gasteiger partial charge in [-0.1, -0.05) is 6.08 Å². The van der Waals surface area contributed by atoms with Crippen LogP contribution in [0.25, 0.3) is 0 Å². The fraction of sp³-hybridized carbons (Fsp3) is 0.429. The Morgan fingerprint density at radius 2 is 2.44 bits per heavy atom. The Morgan fingerprint density at radius 1 is 1.78 bits per heavy atom. The molecule has 0 spiro atoms. The first-order chi connectivity index (χ1) is 4.35. The van der Waals surface area contributed by atoms with Gasteiger partial charge in [0.05, 0.1) is 6.07 Å². The van der Waals surface area contributed by atoms with Crippen LogP contribution in [0.2, 0.25) is 0 Å². The van der Waals surface area contributed by atoms with Gasteiger partial charge in [-0.25, -0.2) is 0 Å². The van der Waals surface area contributed by atoms with Crippen LogP contribution >= 0.6 is 0 Å². The molecule has 0 saturated carbocycles. The molecule has 0 aliphatic carbocycles. The Bertz CT molecular complexity index is 153. The summed E-state index contributed by atoms with van der Waals surface area (Å²) >= 11 is 0. The summed E-state index contributed by atoms with van der Waals surface area (Å²) in [5.74, 6) is 0. The zero-order chi connectivity index (χ0) is 7.11. The molecule has 0 atom stereocenters. The predicted molar refractivity (Wildman–Crippen MR) is 34.7 cm³/mol. The van der Waals surface area contributed by atoms with E-state index in [0.717, 1.165) is 6.29 Å². The number of nitrogens with zero attached hydrogens (tertiary/aromatic N) is 1. The second-order valence-corrected chi connectivity index (χ2v) is 1.64. The molecule has 0 unspecified atom stereocenters. The van der Waals surface area contributed by atoms with E-state index in [4.69, 9.17) is 5.26 Å². The first kappa shape index (κ1) is 7.90. The van der Waals surface area contributed by atoms with Gasteiger partial charge < -0.3 is 0 Å². The van der Waals surface area contributed by atoms with E-state index >= 15 is 0 Å². The van der Waals surface area contributed by atoms with Gasteiger partial charge >= 0.3 is 0 Å². The van der Waals surface area contributed by atoms with Gasteiger partial charge in [-0.3, -0.25) is 4.79 Å². The predicted octanol–water partition coefficient (Wildman–Crippen LogP) is 1.44. The molecule has 0 rings (SSSR count). The van der Waals surface area contributed by atoms with E-state index in [-0.39, 0.29) is 0 Å². The minimum Gasteiger partial charge on any atom is -0.298 e. The molecule has 48 valence electrons. The molecule has 0 saturated heterocycles. The smallest absolute Gasteiger partial charge is 0.145 e. The van der Waals surface area contributed by atoms with Gasteiger partial charge in [0.1, 0.15) is 6.29 Å². The topological polar surface area (TPSA) is 40.9 Å². The lowest BCUT2D eigenvalue weighted by Crippen LogP contribution is -1.81. The van der Waals surface area contributed by atoms with Crippen molar-refractivity contribution in [1.29, 1.82) is 5.26 Å². The second-order valence-electron chi connectivity index (χ2n) is 1.64. The third-order valence-electron chi connectivity index (χ3n) is 1.05. The number of rotatable bonds is 3. The van der Waals surface area contributed by atoms with E-state index < -0.39 is 0 Å². The van der Waals surface area contributed by atoms with Crippen molar-refractivity contribution in [1.82, 2.24) is 0 Å². The molecular weight excluding hydrogens is 114 g/mol. The van der Waals surface area contributed by atoms with Gasteiger partial charge in [0.2, 0.25) is 0 Å². The molecule has 0 radical (unpaired) electrons. The molecule has 9 heavy (non-hydrogen) atoms. The molecule has 0 aromatic heterocycles. The van der Waals surface area contributed by atoms with Crippen molar-refractivity contribution in [3.8, 4) is 6.07 Å². The molecule has 0 fully saturated rings. The highest BCUT2D eigenvalue weighted by Gasteiger charge is 1.90. The van der Waals surface area contributed by atoms with Gasteiger partial charge in [0, 0.05) is 6.42 Å². The van der Waals surface area contributed by atoms with Crippen molar-refractivity contribution in [2.24, 2.45) is 0 Å². The van der Waals surface area contributed by atoms with E-state index in [1.165, 1.54) is 0 Å². The number of aldehydes is 1. The van der Waals surface area contributed by atoms with Gasteiger partial charge in [-0.15, -0.1) is 0 Å². The van der Waals surface area contributed by atoms with E-state index in [0.29, 0.717) is 18.4 Å². The zero-order valence-corrected chi connectivity index (χ0v) is 5.42. The summed E-state index contributed by atoms with van der Waals surface area (Å²) in [6, 6.07) is 1.97. The fourth-order valence-corrected chi connectivity index (χ4v) is 0.472. The minimum absolute atomic E-state index is 0.429. The number of allylic oxidation sites excluding steroid dienone is 2. The van der Waals surface area contributed by atoms with Crippen LogP contribution in [0.15, 0.2) is 11.6 Å². The van der Waals surface area contributed by atoms with E-state index in [1.807, 2.05) is 6.07 Å². The molecule has 2 nitrogen and oxygen atoms in total. The summed E-state index contributed by atoms with van der Waals surface area (Å²) < 4.78 is 0. The Balaban J connectivity index is 3.61. The molecule has 0 amide bonds. The van der Waals surface area contributed by atoms with Crippen LogP contribution in [0, 0.1) is 11.3 Å². The lowest BCUT2D eigenvalue weighted by Gasteiger charge is -1.88. The first-order valence-electron chi connectivity index (χ1n) is 2.82. The molecule has 0 aromatic rings. The summed E-state index contributed by atoms with van der Waals surface area (Å²) in [6.45, 7) is 1.79. The molecule has 2 heteroatoms. The molecule has 0 bridgehead atoms. The van der Waals surface area contributed by atoms with E-state index in [9.17, 15) is 4.79 Å². The van der Waals surface area contributed by atoms with Crippen LogP contribution in [0.5, 0.6) is 0 Å². The van der Waals surface area contributed by atoms with E-state index in [2.05, 4.69) is 0 Å². The first-order valence-corrected chi connectivity index (χ1v) is 2.82. The largest absolute Gasteiger partial charge is 0.298 e. The maximum atomic E-state index is 10.1. The lowest BCUT2D eigenvalue weighted by atomic mass is 10.2. The summed E-state index contributed by atoms with van der Waals surface area (Å²) in [4.78, 5) is 10.1. The standard InChI is InChI=1S/C7H9NO/c1-2-7(6-9)4-3-5-8/h2,6H,3-4H2,1H3/b7-2-. The molecule has 0 aliphatic heterocycles. The Hall–Kier alpha value is -1.10. The van der Waals surface area contributed by atoms with Gasteiger partial charge in [-0.05, 0) is 18.9 Å². The lowest BCUT2D eigenvalue weighted by molar-refractivity contribution is -0.105. The van der Waals surface area contributed by atoms with Crippen LogP contribution in [0.1, 0.15) is 19.8 Å². The summed E-state index contributed by atoms with van der Waals surface area (Å²) in [5, 5.41) is 8.11. The average Bonchev–Trinajstić information content (AvgIpc) is 1.91. The SMILES string of the molecule is C/C=C(\C=O)CCC#N. The zero-order valence-electron chi connectivity index (χ0n) is 5.42. The number of hydrogen-bond donors (Lipinski definition) is 0. The highest BCUT2D eigenvalue weighted by molar-refractivity contribution is 5.72. The highest BCUT2D eigenvalue weighted by atomic mass is 16.1. The second kappa shape index (κ2) is 5.04. The summed E-state index contributed by atoms with van der Waals surface area (Å²) in [5.41, 5.74) is 0.705. The van der Waals surface area contributed by atoms with Gasteiger partial charge in [-0.2, -0.15) is 5.26 Å². The Labute approximate surface area is 54.8 Å².